The predicted molar refractivity (Wildman–Crippen MR) is 88.1 cm³/mol. The standard InChI is InChI=1S/C16H21ClN2O.ClH/c1-9-11(7-6-10(8-18)12(9)17)20-14-15(2,3)13(19)16(14,4)5;/h6-7,13-14H,19H2,1-5H3;1H. The normalized spacial score (nSPS) is 25.2. The second kappa shape index (κ2) is 5.68. The summed E-state index contributed by atoms with van der Waals surface area (Å²) in [5.41, 5.74) is 7.34. The lowest BCUT2D eigenvalue weighted by Gasteiger charge is -2.61. The number of nitrogens with two attached hydrogens (primary N) is 1. The van der Waals surface area contributed by atoms with Crippen LogP contribution in [0, 0.1) is 29.1 Å². The summed E-state index contributed by atoms with van der Waals surface area (Å²) < 4.78 is 6.19. The first-order chi connectivity index (χ1) is 9.14. The van der Waals surface area contributed by atoms with Gasteiger partial charge in [0.25, 0.3) is 0 Å². The van der Waals surface area contributed by atoms with Gasteiger partial charge in [0, 0.05) is 22.4 Å². The third-order valence-corrected chi connectivity index (χ3v) is 5.14. The Balaban J connectivity index is 0.00000220. The molecule has 2 N–H and O–H groups in total. The first kappa shape index (κ1) is 18.1. The van der Waals surface area contributed by atoms with E-state index in [1.807, 2.05) is 13.0 Å². The van der Waals surface area contributed by atoms with Crippen LogP contribution < -0.4 is 10.5 Å². The first-order valence-electron chi connectivity index (χ1n) is 6.75. The van der Waals surface area contributed by atoms with Crippen molar-refractivity contribution < 1.29 is 4.74 Å². The molecule has 0 saturated heterocycles. The smallest absolute Gasteiger partial charge is 0.124 e. The van der Waals surface area contributed by atoms with Crippen LogP contribution >= 0.6 is 24.0 Å². The molecule has 116 valence electrons. The number of nitriles is 1. The molecule has 21 heavy (non-hydrogen) atoms. The van der Waals surface area contributed by atoms with Gasteiger partial charge in [-0.3, -0.25) is 0 Å². The summed E-state index contributed by atoms with van der Waals surface area (Å²) >= 11 is 6.19. The van der Waals surface area contributed by atoms with Crippen LogP contribution in [0.15, 0.2) is 12.1 Å². The fourth-order valence-corrected chi connectivity index (χ4v) is 3.66. The van der Waals surface area contributed by atoms with Crippen molar-refractivity contribution in [2.45, 2.75) is 46.8 Å². The predicted octanol–water partition coefficient (Wildman–Crippen LogP) is 4.08. The van der Waals surface area contributed by atoms with Gasteiger partial charge in [-0.15, -0.1) is 12.4 Å². The summed E-state index contributed by atoms with van der Waals surface area (Å²) in [7, 11) is 0. The van der Waals surface area contributed by atoms with E-state index in [1.54, 1.807) is 6.07 Å². The number of ether oxygens (including phenoxy) is 1. The molecule has 1 aliphatic rings. The lowest BCUT2D eigenvalue weighted by molar-refractivity contribution is -0.155. The van der Waals surface area contributed by atoms with Crippen molar-refractivity contribution in [2.75, 3.05) is 0 Å². The summed E-state index contributed by atoms with van der Waals surface area (Å²) in [6, 6.07) is 5.68. The van der Waals surface area contributed by atoms with Gasteiger partial charge >= 0.3 is 0 Å². The van der Waals surface area contributed by atoms with Crippen LogP contribution in [0.4, 0.5) is 0 Å². The third-order valence-electron chi connectivity index (χ3n) is 4.66. The van der Waals surface area contributed by atoms with Crippen LogP contribution in [0.1, 0.15) is 38.8 Å². The molecule has 3 nitrogen and oxygen atoms in total. The molecule has 0 atom stereocenters. The minimum Gasteiger partial charge on any atom is -0.489 e. The van der Waals surface area contributed by atoms with Gasteiger partial charge in [-0.1, -0.05) is 39.3 Å². The lowest BCUT2D eigenvalue weighted by atomic mass is 9.50. The molecule has 5 heteroatoms. The van der Waals surface area contributed by atoms with E-state index in [0.717, 1.165) is 11.3 Å². The Hall–Kier alpha value is -0.950. The van der Waals surface area contributed by atoms with Crippen LogP contribution in [0.3, 0.4) is 0 Å². The van der Waals surface area contributed by atoms with E-state index >= 15 is 0 Å². The number of benzene rings is 1. The fraction of sp³-hybridized carbons (Fsp3) is 0.562. The monoisotopic (exact) mass is 328 g/mol. The van der Waals surface area contributed by atoms with E-state index in [0.29, 0.717) is 10.6 Å². The molecule has 0 heterocycles. The van der Waals surface area contributed by atoms with E-state index in [-0.39, 0.29) is 35.4 Å². The highest BCUT2D eigenvalue weighted by molar-refractivity contribution is 6.32. The molecule has 0 unspecified atom stereocenters. The topological polar surface area (TPSA) is 59.0 Å². The number of halogens is 2. The van der Waals surface area contributed by atoms with Crippen LogP contribution in [0.2, 0.25) is 5.02 Å². The van der Waals surface area contributed by atoms with Crippen molar-refractivity contribution in [3.63, 3.8) is 0 Å². The summed E-state index contributed by atoms with van der Waals surface area (Å²) in [6.45, 7) is 10.3. The van der Waals surface area contributed by atoms with Crippen molar-refractivity contribution in [3.05, 3.63) is 28.3 Å². The molecule has 0 aromatic heterocycles. The van der Waals surface area contributed by atoms with Gasteiger partial charge in [-0.2, -0.15) is 5.26 Å². The number of hydrogen-bond donors (Lipinski definition) is 1. The van der Waals surface area contributed by atoms with Crippen molar-refractivity contribution in [2.24, 2.45) is 16.6 Å². The van der Waals surface area contributed by atoms with Gasteiger partial charge in [0.1, 0.15) is 17.9 Å². The Morgan fingerprint density at radius 3 is 2.24 bits per heavy atom. The van der Waals surface area contributed by atoms with E-state index in [9.17, 15) is 0 Å². The largest absolute Gasteiger partial charge is 0.489 e. The highest BCUT2D eigenvalue weighted by atomic mass is 35.5. The van der Waals surface area contributed by atoms with Gasteiger partial charge in [0.2, 0.25) is 0 Å². The van der Waals surface area contributed by atoms with Gasteiger partial charge < -0.3 is 10.5 Å². The molecule has 0 amide bonds. The molecular formula is C16H22Cl2N2O. The number of rotatable bonds is 2. The molecule has 0 aliphatic heterocycles. The summed E-state index contributed by atoms with van der Waals surface area (Å²) in [5.74, 6) is 0.729. The Morgan fingerprint density at radius 1 is 1.24 bits per heavy atom. The van der Waals surface area contributed by atoms with Crippen molar-refractivity contribution >= 4 is 24.0 Å². The summed E-state index contributed by atoms with van der Waals surface area (Å²) in [4.78, 5) is 0. The fourth-order valence-electron chi connectivity index (χ4n) is 3.46. The Morgan fingerprint density at radius 2 is 1.76 bits per heavy atom. The zero-order valence-electron chi connectivity index (χ0n) is 13.0. The molecule has 2 rings (SSSR count). The van der Waals surface area contributed by atoms with Crippen LogP contribution in [-0.2, 0) is 0 Å². The maximum Gasteiger partial charge on any atom is 0.124 e. The Labute approximate surface area is 137 Å². The van der Waals surface area contributed by atoms with E-state index in [4.69, 9.17) is 27.3 Å². The average Bonchev–Trinajstić information content (AvgIpc) is 2.39. The molecular weight excluding hydrogens is 307 g/mol. The van der Waals surface area contributed by atoms with E-state index in [1.165, 1.54) is 0 Å². The second-order valence-corrected chi connectivity index (χ2v) is 7.16. The zero-order valence-corrected chi connectivity index (χ0v) is 14.6. The van der Waals surface area contributed by atoms with E-state index in [2.05, 4.69) is 33.8 Å². The van der Waals surface area contributed by atoms with Crippen LogP contribution in [0.5, 0.6) is 5.75 Å². The molecule has 1 aliphatic carbocycles. The maximum atomic E-state index is 8.98. The molecule has 0 spiro atoms. The van der Waals surface area contributed by atoms with E-state index < -0.39 is 0 Å². The lowest BCUT2D eigenvalue weighted by Crippen LogP contribution is -2.73. The molecule has 1 aromatic carbocycles. The molecule has 0 radical (unpaired) electrons. The summed E-state index contributed by atoms with van der Waals surface area (Å²) in [6.07, 6.45) is 0.0210. The molecule has 1 aromatic rings. The molecule has 0 bridgehead atoms. The van der Waals surface area contributed by atoms with Crippen molar-refractivity contribution in [3.8, 4) is 11.8 Å². The third kappa shape index (κ3) is 2.61. The summed E-state index contributed by atoms with van der Waals surface area (Å²) in [5, 5.41) is 9.44. The SMILES string of the molecule is Cc1c(OC2C(C)(C)C(N)C2(C)C)ccc(C#N)c1Cl.Cl. The average molecular weight is 329 g/mol. The molecule has 1 saturated carbocycles. The van der Waals surface area contributed by atoms with Crippen LogP contribution in [-0.4, -0.2) is 12.1 Å². The number of hydrogen-bond acceptors (Lipinski definition) is 3. The van der Waals surface area contributed by atoms with Gasteiger partial charge in [0.15, 0.2) is 0 Å². The zero-order chi connectivity index (χ0) is 15.3. The Bertz CT molecular complexity index is 575. The maximum absolute atomic E-state index is 8.98. The Kier molecular flexibility index (Phi) is 4.90. The highest BCUT2D eigenvalue weighted by Gasteiger charge is 2.62. The van der Waals surface area contributed by atoms with Gasteiger partial charge in [-0.25, -0.2) is 0 Å². The van der Waals surface area contributed by atoms with Gasteiger partial charge in [0.05, 0.1) is 10.6 Å². The van der Waals surface area contributed by atoms with Gasteiger partial charge in [-0.05, 0) is 19.1 Å². The first-order valence-corrected chi connectivity index (χ1v) is 7.13. The quantitative estimate of drug-likeness (QED) is 0.889. The highest BCUT2D eigenvalue weighted by Crippen LogP contribution is 2.54. The van der Waals surface area contributed by atoms with Crippen molar-refractivity contribution in [1.29, 1.82) is 5.26 Å². The minimum absolute atomic E-state index is 0. The minimum atomic E-state index is -0.0870. The second-order valence-electron chi connectivity index (χ2n) is 6.78. The van der Waals surface area contributed by atoms with Crippen LogP contribution in [0.25, 0.3) is 0 Å². The molecule has 1 fully saturated rings. The van der Waals surface area contributed by atoms with Crippen molar-refractivity contribution in [1.82, 2.24) is 0 Å². The number of nitrogens with zero attached hydrogens (tertiary/aromatic N) is 1.